The highest BCUT2D eigenvalue weighted by Gasteiger charge is 2.43. The number of piperidine rings is 1. The zero-order valence-corrected chi connectivity index (χ0v) is 15.1. The van der Waals surface area contributed by atoms with Gasteiger partial charge in [0, 0.05) is 24.7 Å². The summed E-state index contributed by atoms with van der Waals surface area (Å²) in [5.41, 5.74) is 1.42. The van der Waals surface area contributed by atoms with Crippen LogP contribution in [-0.4, -0.2) is 61.7 Å². The molecule has 1 N–H and O–H groups in total. The summed E-state index contributed by atoms with van der Waals surface area (Å²) in [6.07, 6.45) is 6.58. The number of hydrogen-bond acceptors (Lipinski definition) is 4. The van der Waals surface area contributed by atoms with E-state index in [2.05, 4.69) is 46.4 Å². The molecule has 1 aromatic rings. The molecule has 132 valence electrons. The summed E-state index contributed by atoms with van der Waals surface area (Å²) in [6.45, 7) is 3.68. The number of rotatable bonds is 5. The molecule has 1 saturated carbocycles. The molecule has 0 bridgehead atoms. The summed E-state index contributed by atoms with van der Waals surface area (Å²) < 4.78 is 5.48. The molecular weight excluding hydrogens is 298 g/mol. The van der Waals surface area contributed by atoms with Crippen molar-refractivity contribution in [1.82, 2.24) is 15.1 Å². The van der Waals surface area contributed by atoms with Gasteiger partial charge in [-0.05, 0) is 69.9 Å². The third kappa shape index (κ3) is 3.46. The van der Waals surface area contributed by atoms with Crippen LogP contribution in [0, 0.1) is 0 Å². The Balaban J connectivity index is 1.51. The molecule has 2 heterocycles. The second kappa shape index (κ2) is 7.03. The zero-order chi connectivity index (χ0) is 16.5. The minimum Gasteiger partial charge on any atom is -0.497 e. The van der Waals surface area contributed by atoms with Crippen molar-refractivity contribution in [3.05, 3.63) is 29.8 Å². The van der Waals surface area contributed by atoms with Crippen LogP contribution in [0.25, 0.3) is 0 Å². The van der Waals surface area contributed by atoms with Gasteiger partial charge in [-0.15, -0.1) is 0 Å². The average Bonchev–Trinajstić information content (AvgIpc) is 3.38. The third-order valence-electron chi connectivity index (χ3n) is 6.06. The van der Waals surface area contributed by atoms with Gasteiger partial charge in [0.2, 0.25) is 0 Å². The molecule has 4 heteroatoms. The number of ether oxygens (including phenoxy) is 1. The van der Waals surface area contributed by atoms with Gasteiger partial charge in [-0.1, -0.05) is 12.1 Å². The van der Waals surface area contributed by atoms with Crippen LogP contribution in [0.15, 0.2) is 24.3 Å². The first kappa shape index (κ1) is 16.4. The van der Waals surface area contributed by atoms with Crippen LogP contribution in [0.4, 0.5) is 0 Å². The molecule has 2 aliphatic heterocycles. The summed E-state index contributed by atoms with van der Waals surface area (Å²) in [5.74, 6) is 0.980. The molecule has 0 spiro atoms. The monoisotopic (exact) mass is 329 g/mol. The second-order valence-electron chi connectivity index (χ2n) is 7.83. The van der Waals surface area contributed by atoms with Crippen LogP contribution in [-0.2, 0) is 0 Å². The molecule has 24 heavy (non-hydrogen) atoms. The Morgan fingerprint density at radius 1 is 1.04 bits per heavy atom. The van der Waals surface area contributed by atoms with Gasteiger partial charge in [0.25, 0.3) is 0 Å². The molecular formula is C20H31N3O. The molecule has 2 atom stereocenters. The fourth-order valence-electron chi connectivity index (χ4n) is 4.53. The Labute approximate surface area is 146 Å². The maximum Gasteiger partial charge on any atom is 0.119 e. The summed E-state index contributed by atoms with van der Waals surface area (Å²) >= 11 is 0. The summed E-state index contributed by atoms with van der Waals surface area (Å²) in [5, 5.41) is 4.03. The number of hydrogen-bond donors (Lipinski definition) is 1. The Hall–Kier alpha value is -1.10. The van der Waals surface area contributed by atoms with E-state index in [0.29, 0.717) is 18.1 Å². The highest BCUT2D eigenvalue weighted by molar-refractivity contribution is 5.32. The molecule has 0 aromatic heterocycles. The first-order valence-electron chi connectivity index (χ1n) is 9.59. The van der Waals surface area contributed by atoms with E-state index in [4.69, 9.17) is 4.74 Å². The minimum absolute atomic E-state index is 0.507. The number of likely N-dealkylation sites (tertiary alicyclic amines) is 2. The smallest absolute Gasteiger partial charge is 0.119 e. The first-order chi connectivity index (χ1) is 11.7. The van der Waals surface area contributed by atoms with E-state index < -0.39 is 0 Å². The maximum absolute atomic E-state index is 5.48. The van der Waals surface area contributed by atoms with Crippen LogP contribution < -0.4 is 10.1 Å². The topological polar surface area (TPSA) is 27.7 Å². The minimum atomic E-state index is 0.507. The molecule has 4 rings (SSSR count). The molecule has 0 amide bonds. The average molecular weight is 329 g/mol. The predicted molar refractivity (Wildman–Crippen MR) is 97.5 cm³/mol. The molecule has 3 fully saturated rings. The normalized spacial score (nSPS) is 29.9. The lowest BCUT2D eigenvalue weighted by molar-refractivity contribution is 0.193. The van der Waals surface area contributed by atoms with E-state index in [1.165, 1.54) is 57.3 Å². The molecule has 0 radical (unpaired) electrons. The van der Waals surface area contributed by atoms with E-state index in [9.17, 15) is 0 Å². The fraction of sp³-hybridized carbons (Fsp3) is 0.700. The van der Waals surface area contributed by atoms with E-state index in [0.717, 1.165) is 11.8 Å². The molecule has 0 unspecified atom stereocenters. The van der Waals surface area contributed by atoms with E-state index in [1.807, 2.05) is 0 Å². The van der Waals surface area contributed by atoms with Crippen molar-refractivity contribution in [3.8, 4) is 5.75 Å². The van der Waals surface area contributed by atoms with Crippen LogP contribution in [0.2, 0.25) is 0 Å². The van der Waals surface area contributed by atoms with Crippen LogP contribution >= 0.6 is 0 Å². The lowest BCUT2D eigenvalue weighted by Gasteiger charge is -2.35. The van der Waals surface area contributed by atoms with Crippen molar-refractivity contribution in [2.24, 2.45) is 0 Å². The highest BCUT2D eigenvalue weighted by atomic mass is 16.5. The van der Waals surface area contributed by atoms with Gasteiger partial charge >= 0.3 is 0 Å². The van der Waals surface area contributed by atoms with Gasteiger partial charge in [-0.25, -0.2) is 0 Å². The van der Waals surface area contributed by atoms with Gasteiger partial charge in [0.1, 0.15) is 5.75 Å². The molecule has 2 saturated heterocycles. The number of nitrogens with zero attached hydrogens (tertiary/aromatic N) is 2. The Kier molecular flexibility index (Phi) is 4.79. The van der Waals surface area contributed by atoms with E-state index >= 15 is 0 Å². The van der Waals surface area contributed by atoms with E-state index in [-0.39, 0.29) is 0 Å². The maximum atomic E-state index is 5.48. The third-order valence-corrected chi connectivity index (χ3v) is 6.06. The first-order valence-corrected chi connectivity index (χ1v) is 9.59. The van der Waals surface area contributed by atoms with Crippen LogP contribution in [0.1, 0.15) is 43.7 Å². The summed E-state index contributed by atoms with van der Waals surface area (Å²) in [7, 11) is 4.00. The Morgan fingerprint density at radius 3 is 2.54 bits per heavy atom. The standard InChI is InChI=1S/C20H31N3O/c1-22-11-8-16(9-12-22)21-19-10-13-23(17-6-7-17)20(19)15-4-3-5-18(14-15)24-2/h3-5,14,16-17,19-21H,6-13H2,1-2H3/t19-,20-/m0/s1. The number of benzene rings is 1. The molecule has 3 aliphatic rings. The SMILES string of the molecule is COc1cccc([C@H]2[C@@H](NC3CCN(C)CC3)CCN2C2CC2)c1. The molecule has 1 aliphatic carbocycles. The van der Waals surface area contributed by atoms with Gasteiger partial charge in [-0.2, -0.15) is 0 Å². The molecule has 1 aromatic carbocycles. The lowest BCUT2D eigenvalue weighted by atomic mass is 9.96. The zero-order valence-electron chi connectivity index (χ0n) is 15.1. The van der Waals surface area contributed by atoms with Crippen LogP contribution in [0.3, 0.4) is 0 Å². The van der Waals surface area contributed by atoms with E-state index in [1.54, 1.807) is 7.11 Å². The number of nitrogens with one attached hydrogen (secondary N) is 1. The number of methoxy groups -OCH3 is 1. The van der Waals surface area contributed by atoms with Crippen molar-refractivity contribution in [2.45, 2.75) is 56.3 Å². The molecule has 4 nitrogen and oxygen atoms in total. The van der Waals surface area contributed by atoms with Gasteiger partial charge < -0.3 is 15.0 Å². The van der Waals surface area contributed by atoms with Crippen molar-refractivity contribution >= 4 is 0 Å². The van der Waals surface area contributed by atoms with Gasteiger partial charge in [0.15, 0.2) is 0 Å². The quantitative estimate of drug-likeness (QED) is 0.899. The second-order valence-corrected chi connectivity index (χ2v) is 7.83. The summed E-state index contributed by atoms with van der Waals surface area (Å²) in [4.78, 5) is 5.20. The predicted octanol–water partition coefficient (Wildman–Crippen LogP) is 2.66. The fourth-order valence-corrected chi connectivity index (χ4v) is 4.53. The van der Waals surface area contributed by atoms with Crippen molar-refractivity contribution < 1.29 is 4.74 Å². The van der Waals surface area contributed by atoms with Crippen molar-refractivity contribution in [2.75, 3.05) is 33.8 Å². The Morgan fingerprint density at radius 2 is 1.83 bits per heavy atom. The van der Waals surface area contributed by atoms with Crippen LogP contribution in [0.5, 0.6) is 5.75 Å². The van der Waals surface area contributed by atoms with Crippen molar-refractivity contribution in [1.29, 1.82) is 0 Å². The lowest BCUT2D eigenvalue weighted by Crippen LogP contribution is -2.47. The highest BCUT2D eigenvalue weighted by Crippen LogP contribution is 2.42. The van der Waals surface area contributed by atoms with Crippen molar-refractivity contribution in [3.63, 3.8) is 0 Å². The Bertz CT molecular complexity index is 552. The van der Waals surface area contributed by atoms with Gasteiger partial charge in [0.05, 0.1) is 13.2 Å². The van der Waals surface area contributed by atoms with Gasteiger partial charge in [-0.3, -0.25) is 4.90 Å². The largest absolute Gasteiger partial charge is 0.497 e. The summed E-state index contributed by atoms with van der Waals surface area (Å²) in [6, 6.07) is 11.3.